The van der Waals surface area contributed by atoms with E-state index in [0.717, 1.165) is 0 Å². The Morgan fingerprint density at radius 2 is 1.24 bits per heavy atom. The molecule has 6 unspecified atom stereocenters. The molecule has 0 saturated carbocycles. The first kappa shape index (κ1) is 34.1. The average molecular weight is 703 g/mol. The molecule has 0 spiro atoms. The average Bonchev–Trinajstić information content (AvgIpc) is 2.96. The molecule has 15 atom stereocenters. The number of benzene rings is 1. The molecule has 3 fully saturated rings. The summed E-state index contributed by atoms with van der Waals surface area (Å²) in [5.41, 5.74) is 1.17. The molecule has 7 nitrogen and oxygen atoms in total. The maximum absolute atomic E-state index is 6.92. The Balaban J connectivity index is 1.43. The van der Waals surface area contributed by atoms with E-state index >= 15 is 0 Å². The van der Waals surface area contributed by atoms with Crippen LogP contribution in [0.15, 0.2) is 30.3 Å². The summed E-state index contributed by atoms with van der Waals surface area (Å²) in [7, 11) is 0. The van der Waals surface area contributed by atoms with E-state index in [1.54, 1.807) is 0 Å². The van der Waals surface area contributed by atoms with Gasteiger partial charge in [0.05, 0.1) is 37.6 Å². The van der Waals surface area contributed by atoms with Crippen molar-refractivity contribution in [1.29, 1.82) is 0 Å². The minimum absolute atomic E-state index is 0.0128. The van der Waals surface area contributed by atoms with E-state index in [1.807, 2.05) is 18.2 Å². The molecular formula is C32H52AlIO7. The zero-order valence-electron chi connectivity index (χ0n) is 26.4. The molecular weight excluding hydrogens is 650 g/mol. The second-order valence-electron chi connectivity index (χ2n) is 13.0. The Morgan fingerprint density at radius 1 is 0.634 bits per heavy atom. The predicted octanol–water partition coefficient (Wildman–Crippen LogP) is 6.36. The van der Waals surface area contributed by atoms with Crippen molar-refractivity contribution in [2.75, 3.05) is 6.61 Å². The van der Waals surface area contributed by atoms with Gasteiger partial charge in [-0.2, -0.15) is 20.3 Å². The van der Waals surface area contributed by atoms with Crippen LogP contribution >= 0.6 is 20.3 Å². The predicted molar refractivity (Wildman–Crippen MR) is 170 cm³/mol. The Bertz CT molecular complexity index is 927. The summed E-state index contributed by atoms with van der Waals surface area (Å²) < 4.78 is 45.4. The maximum Gasteiger partial charge on any atom is 0.527 e. The molecule has 1 aromatic carbocycles. The molecule has 3 heterocycles. The molecule has 3 saturated heterocycles. The van der Waals surface area contributed by atoms with Gasteiger partial charge in [0.15, 0.2) is 18.9 Å². The van der Waals surface area contributed by atoms with Gasteiger partial charge in [-0.15, -0.1) is 0 Å². The van der Waals surface area contributed by atoms with E-state index < -0.39 is 18.6 Å². The molecule has 41 heavy (non-hydrogen) atoms. The molecule has 0 radical (unpaired) electrons. The second-order valence-corrected chi connectivity index (χ2v) is 15.4. The van der Waals surface area contributed by atoms with Crippen molar-refractivity contribution in [2.45, 2.75) is 118 Å². The van der Waals surface area contributed by atoms with Crippen LogP contribution in [0, 0.1) is 41.4 Å². The fourth-order valence-electron chi connectivity index (χ4n) is 6.55. The van der Waals surface area contributed by atoms with Crippen LogP contribution in [0.1, 0.15) is 67.9 Å². The van der Waals surface area contributed by atoms with Gasteiger partial charge in [-0.05, 0) is 43.1 Å². The highest BCUT2D eigenvalue weighted by Crippen LogP contribution is 2.42. The second kappa shape index (κ2) is 15.5. The monoisotopic (exact) mass is 702 g/mol. The topological polar surface area (TPSA) is 64.6 Å². The summed E-state index contributed by atoms with van der Waals surface area (Å²) >= 11 is 1.67. The summed E-state index contributed by atoms with van der Waals surface area (Å²) in [5, 5.41) is 0. The fraction of sp³-hybridized carbons (Fsp3) is 0.812. The largest absolute Gasteiger partial charge is 0.527 e. The first-order chi connectivity index (χ1) is 19.5. The van der Waals surface area contributed by atoms with Crippen LogP contribution in [0.3, 0.4) is 0 Å². The lowest BCUT2D eigenvalue weighted by atomic mass is 9.78. The van der Waals surface area contributed by atoms with E-state index in [9.17, 15) is 0 Å². The molecule has 0 bridgehead atoms. The van der Waals surface area contributed by atoms with Gasteiger partial charge >= 0.3 is 12.3 Å². The molecule has 3 aliphatic heterocycles. The van der Waals surface area contributed by atoms with Crippen LogP contribution in [0.4, 0.5) is 0 Å². The highest BCUT2D eigenvalue weighted by Gasteiger charge is 2.49. The van der Waals surface area contributed by atoms with Crippen LogP contribution in [0.5, 0.6) is 0 Å². The molecule has 0 aliphatic carbocycles. The van der Waals surface area contributed by atoms with Gasteiger partial charge in [0.25, 0.3) is 0 Å². The number of halogens is 1. The third kappa shape index (κ3) is 8.08. The summed E-state index contributed by atoms with van der Waals surface area (Å²) in [6.07, 6.45) is -1.25. The van der Waals surface area contributed by atoms with Crippen LogP contribution in [-0.4, -0.2) is 68.3 Å². The lowest BCUT2D eigenvalue weighted by molar-refractivity contribution is -0.348. The normalized spacial score (nSPS) is 45.4. The molecule has 0 aromatic heterocycles. The van der Waals surface area contributed by atoms with Crippen molar-refractivity contribution < 1.29 is 32.2 Å². The zero-order valence-corrected chi connectivity index (χ0v) is 30.0. The highest BCUT2D eigenvalue weighted by molar-refractivity contribution is 14.1. The third-order valence-corrected chi connectivity index (χ3v) is 12.0. The van der Waals surface area contributed by atoms with Crippen molar-refractivity contribution in [3.05, 3.63) is 35.9 Å². The van der Waals surface area contributed by atoms with E-state index in [0.29, 0.717) is 31.0 Å². The van der Waals surface area contributed by atoms with Crippen molar-refractivity contribution in [3.63, 3.8) is 0 Å². The Labute approximate surface area is 265 Å². The van der Waals surface area contributed by atoms with Gasteiger partial charge in [-0.3, -0.25) is 0 Å². The number of ether oxygens (including phenoxy) is 6. The lowest BCUT2D eigenvalue weighted by Crippen LogP contribution is -2.57. The SMILES string of the molecule is CC1C(C)[C@H](C)[C@H](COCc2ccccc2)O[C@@H]1O[C@@H]1C(C)[C@H](OC2[C@H]([O][AlH][I])OC(C)[C@H](C)[C@@H]2C)OC(C)[C@@H]1C. The minimum Gasteiger partial charge on any atom is -0.471 e. The first-order valence-electron chi connectivity index (χ1n) is 15.6. The van der Waals surface area contributed by atoms with Crippen LogP contribution in [0.2, 0.25) is 0 Å². The molecule has 232 valence electrons. The van der Waals surface area contributed by atoms with Crippen molar-refractivity contribution in [2.24, 2.45) is 41.4 Å². The van der Waals surface area contributed by atoms with Gasteiger partial charge in [-0.1, -0.05) is 78.8 Å². The fourth-order valence-corrected chi connectivity index (χ4v) is 8.00. The van der Waals surface area contributed by atoms with E-state index in [-0.39, 0.29) is 66.8 Å². The van der Waals surface area contributed by atoms with E-state index in [2.05, 4.69) is 94.7 Å². The van der Waals surface area contributed by atoms with Gasteiger partial charge in [0.1, 0.15) is 6.10 Å². The third-order valence-electron chi connectivity index (χ3n) is 10.4. The summed E-state index contributed by atoms with van der Waals surface area (Å²) in [4.78, 5) is 0. The van der Waals surface area contributed by atoms with Gasteiger partial charge in [0, 0.05) is 17.8 Å². The lowest BCUT2D eigenvalue weighted by Gasteiger charge is -2.50. The quantitative estimate of drug-likeness (QED) is 0.208. The smallest absolute Gasteiger partial charge is 0.471 e. The highest BCUT2D eigenvalue weighted by atomic mass is 127. The molecule has 0 N–H and O–H groups in total. The van der Waals surface area contributed by atoms with E-state index in [4.69, 9.17) is 32.2 Å². The molecule has 0 amide bonds. The zero-order chi connectivity index (χ0) is 29.8. The number of rotatable bonds is 10. The molecule has 3 aliphatic rings. The Morgan fingerprint density at radius 3 is 1.93 bits per heavy atom. The standard InChI is InChI=1S/C32H51O7.Al.HI.H/c1-17-19(3)27(16-34-15-26-13-11-10-12-14-26)37-31(21(17)5)38-28-22(6)25(9)36-32(23(28)7)39-29-20(4)18(2)24(8)35-30(29)33;;;/h10-14,17-25,27-32H,15-16H2,1-9H3;;1H;/q-1;+2;;/p-1/t17?,18-,19+,20+,21?,22+,23?,24?,25?,27+,28+,29?,30-,31-,32+;;;/m1.../s1. The van der Waals surface area contributed by atoms with Crippen LogP contribution in [-0.2, 0) is 38.8 Å². The number of hydrogen-bond acceptors (Lipinski definition) is 7. The first-order valence-corrected chi connectivity index (χ1v) is 21.3. The summed E-state index contributed by atoms with van der Waals surface area (Å²) in [6.45, 7) is 21.1. The van der Waals surface area contributed by atoms with Crippen molar-refractivity contribution in [3.8, 4) is 0 Å². The van der Waals surface area contributed by atoms with Gasteiger partial charge < -0.3 is 32.2 Å². The van der Waals surface area contributed by atoms with Gasteiger partial charge in [0.2, 0.25) is 0 Å². The Hall–Kier alpha value is 0.202. The van der Waals surface area contributed by atoms with Gasteiger partial charge in [-0.25, -0.2) is 0 Å². The van der Waals surface area contributed by atoms with E-state index in [1.165, 1.54) is 5.56 Å². The van der Waals surface area contributed by atoms with Crippen LogP contribution in [0.25, 0.3) is 0 Å². The summed E-state index contributed by atoms with van der Waals surface area (Å²) in [6, 6.07) is 10.3. The minimum atomic E-state index is -0.693. The Kier molecular flexibility index (Phi) is 12.9. The molecule has 1 aromatic rings. The van der Waals surface area contributed by atoms with Crippen molar-refractivity contribution in [1.82, 2.24) is 0 Å². The van der Waals surface area contributed by atoms with Crippen molar-refractivity contribution >= 4 is 32.5 Å². The molecule has 9 heteroatoms. The molecule has 4 rings (SSSR count). The van der Waals surface area contributed by atoms with Crippen LogP contribution < -0.4 is 0 Å². The number of hydrogen-bond donors (Lipinski definition) is 0. The summed E-state index contributed by atoms with van der Waals surface area (Å²) in [5.74, 6) is 1.91. The maximum atomic E-state index is 6.92.